The number of rotatable bonds is 9. The van der Waals surface area contributed by atoms with Crippen LogP contribution in [0.25, 0.3) is 0 Å². The largest absolute Gasteiger partial charge is 0.356 e. The molecule has 140 valence electrons. The zero-order valence-electron chi connectivity index (χ0n) is 15.9. The van der Waals surface area contributed by atoms with Crippen molar-refractivity contribution < 1.29 is 14.4 Å². The van der Waals surface area contributed by atoms with Crippen LogP contribution in [0.15, 0.2) is 0 Å². The van der Waals surface area contributed by atoms with Gasteiger partial charge in [-0.3, -0.25) is 19.3 Å². The number of carbonyl (C=O) groups is 3. The maximum Gasteiger partial charge on any atom is 0.234 e. The molecule has 5 nitrogen and oxygen atoms in total. The van der Waals surface area contributed by atoms with Crippen LogP contribution in [0.5, 0.6) is 0 Å². The Balaban J connectivity index is 0.00000254. The lowest BCUT2D eigenvalue weighted by Gasteiger charge is -2.27. The first-order chi connectivity index (χ1) is 11.3. The van der Waals surface area contributed by atoms with E-state index in [1.165, 1.54) is 4.90 Å². The summed E-state index contributed by atoms with van der Waals surface area (Å²) in [5.41, 5.74) is 0. The molecule has 6 heteroatoms. The number of amides is 3. The van der Waals surface area contributed by atoms with Gasteiger partial charge in [0, 0.05) is 30.7 Å². The van der Waals surface area contributed by atoms with Crippen LogP contribution >= 0.6 is 12.6 Å². The summed E-state index contributed by atoms with van der Waals surface area (Å²) in [4.78, 5) is 37.1. The number of carbonyl (C=O) groups excluding carboxylic acids is 3. The molecule has 0 aliphatic carbocycles. The van der Waals surface area contributed by atoms with E-state index in [1.54, 1.807) is 0 Å². The second kappa shape index (κ2) is 11.5. The smallest absolute Gasteiger partial charge is 0.234 e. The first-order valence-corrected chi connectivity index (χ1v) is 9.61. The normalized spacial score (nSPS) is 19.6. The van der Waals surface area contributed by atoms with E-state index in [9.17, 15) is 14.4 Å². The van der Waals surface area contributed by atoms with Crippen molar-refractivity contribution in [3.05, 3.63) is 0 Å². The Hall–Kier alpha value is -1.04. The average Bonchev–Trinajstić information content (AvgIpc) is 2.85. The fraction of sp³-hybridized carbons (Fsp3) is 0.833. The molecule has 0 aromatic carbocycles. The first-order valence-electron chi connectivity index (χ1n) is 9.16. The summed E-state index contributed by atoms with van der Waals surface area (Å²) in [5, 5.41) is 2.75. The van der Waals surface area contributed by atoms with E-state index in [4.69, 9.17) is 0 Å². The Labute approximate surface area is 152 Å². The van der Waals surface area contributed by atoms with E-state index in [-0.39, 0.29) is 30.1 Å². The standard InChI is InChI=1S/C16H28N2O3S.C2H6/c1-4-16(3,22)12-11-14(20)18(15(12)21)10-8-6-7-9-13(19)17-5-2;1-2/h12,22H,4-11H2,1-3H3,(H,17,19);1-2H3. The topological polar surface area (TPSA) is 66.5 Å². The van der Waals surface area contributed by atoms with Crippen molar-refractivity contribution in [3.8, 4) is 0 Å². The summed E-state index contributed by atoms with van der Waals surface area (Å²) in [6.45, 7) is 10.9. The fourth-order valence-electron chi connectivity index (χ4n) is 2.67. The van der Waals surface area contributed by atoms with Crippen LogP contribution in [0.4, 0.5) is 0 Å². The first kappa shape index (κ1) is 23.0. The van der Waals surface area contributed by atoms with E-state index in [0.29, 0.717) is 19.5 Å². The van der Waals surface area contributed by atoms with Crippen molar-refractivity contribution >= 4 is 30.4 Å². The molecule has 3 amide bonds. The minimum Gasteiger partial charge on any atom is -0.356 e. The fourth-order valence-corrected chi connectivity index (χ4v) is 2.87. The highest BCUT2D eigenvalue weighted by Gasteiger charge is 2.46. The minimum absolute atomic E-state index is 0.0599. The van der Waals surface area contributed by atoms with Crippen LogP contribution in [0.1, 0.15) is 73.1 Å². The van der Waals surface area contributed by atoms with E-state index >= 15 is 0 Å². The molecule has 0 radical (unpaired) electrons. The molecule has 1 N–H and O–H groups in total. The quantitative estimate of drug-likeness (QED) is 0.378. The van der Waals surface area contributed by atoms with Crippen LogP contribution in [0, 0.1) is 5.92 Å². The summed E-state index contributed by atoms with van der Waals surface area (Å²) in [6.07, 6.45) is 3.89. The average molecular weight is 359 g/mol. The Morgan fingerprint density at radius 1 is 1.25 bits per heavy atom. The molecule has 0 bridgehead atoms. The molecule has 1 aliphatic heterocycles. The summed E-state index contributed by atoms with van der Waals surface area (Å²) in [5.74, 6) is -0.436. The lowest BCUT2D eigenvalue weighted by molar-refractivity contribution is -0.139. The van der Waals surface area contributed by atoms with Gasteiger partial charge in [0.1, 0.15) is 0 Å². The number of thiol groups is 1. The van der Waals surface area contributed by atoms with Gasteiger partial charge >= 0.3 is 0 Å². The SMILES string of the molecule is CC.CCNC(=O)CCCCCN1C(=O)CC(C(C)(S)CC)C1=O. The lowest BCUT2D eigenvalue weighted by atomic mass is 9.89. The molecular formula is C18H34N2O3S. The molecule has 1 fully saturated rings. The second-order valence-corrected chi connectivity index (χ2v) is 7.14. The van der Waals surface area contributed by atoms with E-state index in [2.05, 4.69) is 17.9 Å². The molecule has 0 saturated carbocycles. The number of nitrogens with zero attached hydrogens (tertiary/aromatic N) is 1. The summed E-state index contributed by atoms with van der Waals surface area (Å²) in [6, 6.07) is 0. The summed E-state index contributed by atoms with van der Waals surface area (Å²) < 4.78 is -0.431. The number of hydrogen-bond acceptors (Lipinski definition) is 4. The highest BCUT2D eigenvalue weighted by atomic mass is 32.1. The van der Waals surface area contributed by atoms with Crippen molar-refractivity contribution in [2.45, 2.75) is 77.9 Å². The van der Waals surface area contributed by atoms with Crippen LogP contribution in [0.3, 0.4) is 0 Å². The van der Waals surface area contributed by atoms with Gasteiger partial charge in [-0.05, 0) is 33.1 Å². The van der Waals surface area contributed by atoms with Crippen molar-refractivity contribution in [1.82, 2.24) is 10.2 Å². The monoisotopic (exact) mass is 358 g/mol. The third-order valence-corrected chi connectivity index (χ3v) is 5.00. The molecule has 1 heterocycles. The molecule has 0 spiro atoms. The maximum atomic E-state index is 12.4. The Bertz CT molecular complexity index is 424. The Morgan fingerprint density at radius 2 is 1.88 bits per heavy atom. The third kappa shape index (κ3) is 6.83. The lowest BCUT2D eigenvalue weighted by Crippen LogP contribution is -2.37. The number of imide groups is 1. The van der Waals surface area contributed by atoms with Gasteiger partial charge in [0.2, 0.25) is 17.7 Å². The predicted molar refractivity (Wildman–Crippen MR) is 101 cm³/mol. The van der Waals surface area contributed by atoms with Crippen LogP contribution in [0.2, 0.25) is 0 Å². The molecule has 1 rings (SSSR count). The number of unbranched alkanes of at least 4 members (excludes halogenated alkanes) is 2. The Morgan fingerprint density at radius 3 is 2.42 bits per heavy atom. The van der Waals surface area contributed by atoms with Gasteiger partial charge in [0.25, 0.3) is 0 Å². The van der Waals surface area contributed by atoms with Crippen molar-refractivity contribution in [2.75, 3.05) is 13.1 Å². The molecular weight excluding hydrogens is 324 g/mol. The molecule has 2 unspecified atom stereocenters. The van der Waals surface area contributed by atoms with Crippen LogP contribution < -0.4 is 5.32 Å². The van der Waals surface area contributed by atoms with Crippen molar-refractivity contribution in [3.63, 3.8) is 0 Å². The van der Waals surface area contributed by atoms with Gasteiger partial charge in [-0.1, -0.05) is 27.2 Å². The van der Waals surface area contributed by atoms with Gasteiger partial charge in [0.15, 0.2) is 0 Å². The van der Waals surface area contributed by atoms with Gasteiger partial charge in [0.05, 0.1) is 5.92 Å². The highest BCUT2D eigenvalue weighted by Crippen LogP contribution is 2.36. The van der Waals surface area contributed by atoms with Crippen molar-refractivity contribution in [2.24, 2.45) is 5.92 Å². The van der Waals surface area contributed by atoms with E-state index < -0.39 is 4.75 Å². The number of likely N-dealkylation sites (tertiary alicyclic amines) is 1. The minimum atomic E-state index is -0.431. The predicted octanol–water partition coefficient (Wildman–Crippen LogP) is 3.18. The number of nitrogens with one attached hydrogen (secondary N) is 1. The summed E-state index contributed by atoms with van der Waals surface area (Å²) >= 11 is 4.55. The highest BCUT2D eigenvalue weighted by molar-refractivity contribution is 7.81. The van der Waals surface area contributed by atoms with Gasteiger partial charge in [-0.2, -0.15) is 12.6 Å². The molecule has 0 aromatic heterocycles. The molecule has 0 aromatic rings. The van der Waals surface area contributed by atoms with Gasteiger partial charge in [-0.25, -0.2) is 0 Å². The van der Waals surface area contributed by atoms with Crippen molar-refractivity contribution in [1.29, 1.82) is 0 Å². The molecule has 2 atom stereocenters. The molecule has 1 aliphatic rings. The van der Waals surface area contributed by atoms with Crippen LogP contribution in [-0.2, 0) is 14.4 Å². The maximum absolute atomic E-state index is 12.4. The molecule has 1 saturated heterocycles. The van der Waals surface area contributed by atoms with Gasteiger partial charge < -0.3 is 5.32 Å². The van der Waals surface area contributed by atoms with E-state index in [0.717, 1.165) is 25.7 Å². The zero-order chi connectivity index (χ0) is 18.8. The third-order valence-electron chi connectivity index (χ3n) is 4.37. The second-order valence-electron chi connectivity index (χ2n) is 6.12. The Kier molecular flexibility index (Phi) is 11.0. The molecule has 24 heavy (non-hydrogen) atoms. The summed E-state index contributed by atoms with van der Waals surface area (Å²) in [7, 11) is 0. The van der Waals surface area contributed by atoms with E-state index in [1.807, 2.05) is 34.6 Å². The number of hydrogen-bond donors (Lipinski definition) is 2. The van der Waals surface area contributed by atoms with Crippen LogP contribution in [-0.4, -0.2) is 40.5 Å². The van der Waals surface area contributed by atoms with Gasteiger partial charge in [-0.15, -0.1) is 0 Å². The zero-order valence-corrected chi connectivity index (χ0v) is 16.7.